The van der Waals surface area contributed by atoms with E-state index < -0.39 is 11.5 Å². The molecule has 6 heteroatoms. The van der Waals surface area contributed by atoms with E-state index in [0.717, 1.165) is 10.1 Å². The largest absolute Gasteiger partial charge is 0.481 e. The average molecular weight is 307 g/mol. The molecule has 1 aromatic heterocycles. The van der Waals surface area contributed by atoms with Crippen molar-refractivity contribution in [2.75, 3.05) is 13.7 Å². The molecule has 112 valence electrons. The first-order valence-electron chi connectivity index (χ1n) is 6.44. The van der Waals surface area contributed by atoms with Crippen LogP contribution in [0.2, 0.25) is 0 Å². The Labute approximate surface area is 126 Å². The molecule has 1 aromatic carbocycles. The second kappa shape index (κ2) is 6.24. The number of hydrogen-bond donors (Lipinski definition) is 2. The van der Waals surface area contributed by atoms with Crippen molar-refractivity contribution < 1.29 is 19.4 Å². The molecule has 0 aliphatic carbocycles. The molecule has 21 heavy (non-hydrogen) atoms. The summed E-state index contributed by atoms with van der Waals surface area (Å²) in [5, 5.41) is 14.7. The van der Waals surface area contributed by atoms with E-state index in [4.69, 9.17) is 9.84 Å². The number of carbonyl (C=O) groups is 2. The molecular weight excluding hydrogens is 290 g/mol. The summed E-state index contributed by atoms with van der Waals surface area (Å²) < 4.78 is 6.13. The van der Waals surface area contributed by atoms with E-state index in [2.05, 4.69) is 5.32 Å². The van der Waals surface area contributed by atoms with Gasteiger partial charge in [-0.05, 0) is 42.0 Å². The molecule has 1 amide bonds. The maximum Gasteiger partial charge on any atom is 0.305 e. The Morgan fingerprint density at radius 1 is 1.38 bits per heavy atom. The summed E-state index contributed by atoms with van der Waals surface area (Å²) in [6, 6.07) is 7.37. The average Bonchev–Trinajstić information content (AvgIpc) is 2.84. The Kier molecular flexibility index (Phi) is 4.59. The lowest BCUT2D eigenvalue weighted by Crippen LogP contribution is -2.50. The van der Waals surface area contributed by atoms with Gasteiger partial charge in [0, 0.05) is 17.4 Å². The number of carbonyl (C=O) groups excluding carboxylic acids is 1. The van der Waals surface area contributed by atoms with Gasteiger partial charge in [0.05, 0.1) is 18.6 Å². The van der Waals surface area contributed by atoms with E-state index in [1.807, 2.05) is 17.5 Å². The van der Waals surface area contributed by atoms with Crippen molar-refractivity contribution in [1.82, 2.24) is 5.32 Å². The Hall–Kier alpha value is -1.92. The molecule has 0 saturated carbocycles. The van der Waals surface area contributed by atoms with Crippen LogP contribution >= 0.6 is 11.3 Å². The van der Waals surface area contributed by atoms with Crippen LogP contribution in [0.3, 0.4) is 0 Å². The molecule has 0 fully saturated rings. The van der Waals surface area contributed by atoms with Crippen molar-refractivity contribution in [3.05, 3.63) is 35.2 Å². The van der Waals surface area contributed by atoms with Gasteiger partial charge in [-0.1, -0.05) is 0 Å². The van der Waals surface area contributed by atoms with Gasteiger partial charge in [0.25, 0.3) is 5.91 Å². The Balaban J connectivity index is 2.19. The molecule has 2 rings (SSSR count). The van der Waals surface area contributed by atoms with Gasteiger partial charge in [0.1, 0.15) is 0 Å². The van der Waals surface area contributed by atoms with E-state index in [1.165, 1.54) is 7.11 Å². The van der Waals surface area contributed by atoms with Gasteiger partial charge >= 0.3 is 5.97 Å². The van der Waals surface area contributed by atoms with Crippen LogP contribution in [-0.4, -0.2) is 36.2 Å². The van der Waals surface area contributed by atoms with Gasteiger partial charge in [-0.25, -0.2) is 0 Å². The summed E-state index contributed by atoms with van der Waals surface area (Å²) in [6.45, 7) is 1.79. The van der Waals surface area contributed by atoms with Gasteiger partial charge in [-0.3, -0.25) is 9.59 Å². The molecular formula is C15H17NO4S. The van der Waals surface area contributed by atoms with Gasteiger partial charge < -0.3 is 15.2 Å². The number of ether oxygens (including phenoxy) is 1. The summed E-state index contributed by atoms with van der Waals surface area (Å²) in [6.07, 6.45) is -0.201. The maximum atomic E-state index is 12.3. The molecule has 1 heterocycles. The van der Waals surface area contributed by atoms with Crippen LogP contribution in [0.4, 0.5) is 0 Å². The fourth-order valence-corrected chi connectivity index (χ4v) is 3.01. The monoisotopic (exact) mass is 307 g/mol. The molecule has 2 aromatic rings. The number of carboxylic acids is 1. The number of carboxylic acid groups (broad SMARTS) is 1. The third-order valence-corrected chi connectivity index (χ3v) is 4.03. The predicted octanol–water partition coefficient (Wildman–Crippen LogP) is 2.51. The van der Waals surface area contributed by atoms with E-state index in [9.17, 15) is 9.59 Å². The van der Waals surface area contributed by atoms with Crippen LogP contribution in [0.5, 0.6) is 0 Å². The molecule has 0 saturated heterocycles. The topological polar surface area (TPSA) is 75.6 Å². The molecule has 0 bridgehead atoms. The number of amides is 1. The van der Waals surface area contributed by atoms with Crippen molar-refractivity contribution in [1.29, 1.82) is 0 Å². The smallest absolute Gasteiger partial charge is 0.305 e. The summed E-state index contributed by atoms with van der Waals surface area (Å²) in [7, 11) is 1.48. The molecule has 0 radical (unpaired) electrons. The van der Waals surface area contributed by atoms with Gasteiger partial charge in [0.15, 0.2) is 0 Å². The zero-order valence-corrected chi connectivity index (χ0v) is 12.7. The minimum absolute atomic E-state index is 0.131. The second-order valence-electron chi connectivity index (χ2n) is 5.19. The predicted molar refractivity (Wildman–Crippen MR) is 81.8 cm³/mol. The third kappa shape index (κ3) is 3.80. The second-order valence-corrected chi connectivity index (χ2v) is 6.14. The summed E-state index contributed by atoms with van der Waals surface area (Å²) >= 11 is 1.61. The molecule has 0 spiro atoms. The molecule has 1 atom stereocenters. The molecule has 5 nitrogen and oxygen atoms in total. The van der Waals surface area contributed by atoms with Crippen molar-refractivity contribution in [2.45, 2.75) is 18.9 Å². The van der Waals surface area contributed by atoms with Crippen molar-refractivity contribution in [3.8, 4) is 0 Å². The normalized spacial score (nSPS) is 13.8. The number of aliphatic carboxylic acids is 1. The Bertz CT molecular complexity index is 666. The number of methoxy groups -OCH3 is 1. The quantitative estimate of drug-likeness (QED) is 0.860. The van der Waals surface area contributed by atoms with Crippen molar-refractivity contribution >= 4 is 33.3 Å². The minimum atomic E-state index is -0.983. The van der Waals surface area contributed by atoms with E-state index in [-0.39, 0.29) is 18.9 Å². The Morgan fingerprint density at radius 2 is 2.14 bits per heavy atom. The van der Waals surface area contributed by atoms with E-state index in [1.54, 1.807) is 30.4 Å². The lowest BCUT2D eigenvalue weighted by Gasteiger charge is -2.28. The lowest BCUT2D eigenvalue weighted by atomic mass is 9.98. The van der Waals surface area contributed by atoms with Crippen molar-refractivity contribution in [2.24, 2.45) is 0 Å². The Morgan fingerprint density at radius 3 is 2.81 bits per heavy atom. The number of rotatable bonds is 6. The summed E-state index contributed by atoms with van der Waals surface area (Å²) in [4.78, 5) is 23.3. The molecule has 2 N–H and O–H groups in total. The number of benzene rings is 1. The van der Waals surface area contributed by atoms with E-state index >= 15 is 0 Å². The molecule has 0 aliphatic heterocycles. The number of hydrogen-bond acceptors (Lipinski definition) is 4. The SMILES string of the molecule is COCC(C)(CC(=O)O)NC(=O)c1ccc2sccc2c1. The first-order valence-corrected chi connectivity index (χ1v) is 7.32. The molecule has 1 unspecified atom stereocenters. The first-order chi connectivity index (χ1) is 9.93. The van der Waals surface area contributed by atoms with Crippen LogP contribution < -0.4 is 5.32 Å². The zero-order valence-electron chi connectivity index (χ0n) is 11.9. The standard InChI is InChI=1S/C15H17NO4S/c1-15(9-20-2,8-13(17)18)16-14(19)11-3-4-12-10(7-11)5-6-21-12/h3-7H,8-9H2,1-2H3,(H,16,19)(H,17,18). The highest BCUT2D eigenvalue weighted by Crippen LogP contribution is 2.22. The number of nitrogens with one attached hydrogen (secondary N) is 1. The van der Waals surface area contributed by atoms with Crippen LogP contribution in [0, 0.1) is 0 Å². The fraction of sp³-hybridized carbons (Fsp3) is 0.333. The third-order valence-electron chi connectivity index (χ3n) is 3.13. The number of fused-ring (bicyclic) bond motifs is 1. The highest BCUT2D eigenvalue weighted by molar-refractivity contribution is 7.17. The van der Waals surface area contributed by atoms with Gasteiger partial charge in [0.2, 0.25) is 0 Å². The lowest BCUT2D eigenvalue weighted by molar-refractivity contribution is -0.139. The fourth-order valence-electron chi connectivity index (χ4n) is 2.24. The zero-order chi connectivity index (χ0) is 15.5. The highest BCUT2D eigenvalue weighted by atomic mass is 32.1. The minimum Gasteiger partial charge on any atom is -0.481 e. The van der Waals surface area contributed by atoms with Gasteiger partial charge in [-0.2, -0.15) is 0 Å². The molecule has 0 aliphatic rings. The number of thiophene rings is 1. The van der Waals surface area contributed by atoms with Crippen LogP contribution in [0.25, 0.3) is 10.1 Å². The van der Waals surface area contributed by atoms with Crippen LogP contribution in [0.1, 0.15) is 23.7 Å². The van der Waals surface area contributed by atoms with Gasteiger partial charge in [-0.15, -0.1) is 11.3 Å². The highest BCUT2D eigenvalue weighted by Gasteiger charge is 2.30. The van der Waals surface area contributed by atoms with Crippen molar-refractivity contribution in [3.63, 3.8) is 0 Å². The summed E-state index contributed by atoms with van der Waals surface area (Å²) in [5.74, 6) is -1.29. The maximum absolute atomic E-state index is 12.3. The van der Waals surface area contributed by atoms with Crippen LogP contribution in [-0.2, 0) is 9.53 Å². The van der Waals surface area contributed by atoms with E-state index in [0.29, 0.717) is 5.56 Å². The summed E-state index contributed by atoms with van der Waals surface area (Å²) in [5.41, 5.74) is -0.435. The van der Waals surface area contributed by atoms with Crippen LogP contribution in [0.15, 0.2) is 29.6 Å². The first kappa shape index (κ1) is 15.5.